The van der Waals surface area contributed by atoms with Crippen molar-refractivity contribution in [2.45, 2.75) is 214 Å². The van der Waals surface area contributed by atoms with E-state index in [1.165, 1.54) is 128 Å². The van der Waals surface area contributed by atoms with Crippen LogP contribution in [-0.4, -0.2) is 71.9 Å². The van der Waals surface area contributed by atoms with Crippen molar-refractivity contribution in [3.05, 3.63) is 12.2 Å². The molecule has 0 spiro atoms. The van der Waals surface area contributed by atoms with Gasteiger partial charge in [0.25, 0.3) is 0 Å². The topological polar surface area (TPSA) is 108 Å². The number of hydrogen-bond donors (Lipinski definition) is 4. The van der Waals surface area contributed by atoms with Crippen molar-refractivity contribution in [1.29, 1.82) is 0 Å². The van der Waals surface area contributed by atoms with Crippen LogP contribution in [-0.2, 0) is 13.9 Å². The number of unbranched alkanes of at least 4 members (excludes halogenated alkanes) is 23. The summed E-state index contributed by atoms with van der Waals surface area (Å²) in [6, 6.07) is -0.728. The molecular weight excluding hydrogens is 657 g/mol. The molecule has 3 atom stereocenters. The summed E-state index contributed by atoms with van der Waals surface area (Å²) in [4.78, 5) is 23.4. The van der Waals surface area contributed by atoms with Gasteiger partial charge < -0.3 is 19.8 Å². The van der Waals surface area contributed by atoms with Crippen LogP contribution in [0, 0.1) is 0 Å². The third kappa shape index (κ3) is 30.3. The van der Waals surface area contributed by atoms with Gasteiger partial charge in [0.15, 0.2) is 0 Å². The van der Waals surface area contributed by atoms with Crippen molar-refractivity contribution < 1.29 is 28.4 Å². The summed E-state index contributed by atoms with van der Waals surface area (Å²) < 4.78 is 19.1. The molecule has 0 aromatic rings. The molecule has 0 bridgehead atoms. The Labute approximate surface area is 316 Å². The van der Waals surface area contributed by atoms with Gasteiger partial charge in [0, 0.05) is 13.0 Å². The highest BCUT2D eigenvalue weighted by Crippen LogP contribution is 2.36. The normalized spacial score (nSPS) is 14.6. The number of likely N-dealkylation sites (N-methyl/N-ethyl adjacent to an activating group) is 1. The second-order valence-electron chi connectivity index (χ2n) is 15.1. The molecule has 0 aromatic heterocycles. The monoisotopic (exact) mass is 745 g/mol. The van der Waals surface area contributed by atoms with Crippen molar-refractivity contribution in [3.8, 4) is 0 Å². The zero-order valence-electron chi connectivity index (χ0n) is 34.5. The van der Waals surface area contributed by atoms with Crippen molar-refractivity contribution in [2.75, 3.05) is 39.3 Å². The minimum Gasteiger partial charge on any atom is -0.387 e. The van der Waals surface area contributed by atoms with Crippen LogP contribution < -0.4 is 10.4 Å². The van der Waals surface area contributed by atoms with Crippen molar-refractivity contribution >= 4 is 13.7 Å². The van der Waals surface area contributed by atoms with Gasteiger partial charge in [-0.3, -0.25) is 9.32 Å². The standard InChI is InChI=1S/C42H86N3O5P/c1-6-11-13-15-17-19-21-23-25-27-29-31-33-35-41(46)40(39-43-51(48,49)50-38-37-45(8-3,9-4)10-5)44-42(47)36-34-32-30-28-26-24-22-20-18-16-14-12-7-2/h33,35,40-41,46H,6-32,34,36-39H2,1-5H3,(H2-,43,44,47,48,49)/p+1/b35-33+/t40-,41+/m0/s1. The average Bonchev–Trinajstić information content (AvgIpc) is 3.12. The number of nitrogens with zero attached hydrogens (tertiary/aromatic N) is 1. The molecule has 0 fully saturated rings. The third-order valence-corrected chi connectivity index (χ3v) is 12.0. The Hall–Kier alpha value is -0.760. The highest BCUT2D eigenvalue weighted by Gasteiger charge is 2.27. The molecule has 9 heteroatoms. The van der Waals surface area contributed by atoms with Crippen LogP contribution in [0.3, 0.4) is 0 Å². The van der Waals surface area contributed by atoms with Gasteiger partial charge in [-0.05, 0) is 40.0 Å². The lowest BCUT2D eigenvalue weighted by Crippen LogP contribution is -2.50. The van der Waals surface area contributed by atoms with Crippen molar-refractivity contribution in [3.63, 3.8) is 0 Å². The van der Waals surface area contributed by atoms with E-state index in [1.54, 1.807) is 6.08 Å². The number of rotatable bonds is 39. The fraction of sp³-hybridized carbons (Fsp3) is 0.929. The summed E-state index contributed by atoms with van der Waals surface area (Å²) >= 11 is 0. The number of hydrogen-bond acceptors (Lipinski definition) is 4. The number of carbonyl (C=O) groups is 1. The summed E-state index contributed by atoms with van der Waals surface area (Å²) in [5.41, 5.74) is 0. The number of aliphatic hydroxyl groups is 1. The van der Waals surface area contributed by atoms with E-state index in [0.717, 1.165) is 56.2 Å². The van der Waals surface area contributed by atoms with Gasteiger partial charge in [0.1, 0.15) is 13.2 Å². The van der Waals surface area contributed by atoms with E-state index >= 15 is 0 Å². The molecular formula is C42H87N3O5P+. The second-order valence-corrected chi connectivity index (χ2v) is 16.8. The molecule has 1 unspecified atom stereocenters. The van der Waals surface area contributed by atoms with Gasteiger partial charge in [-0.15, -0.1) is 0 Å². The Kier molecular flexibility index (Phi) is 34.5. The number of aliphatic hydroxyl groups excluding tert-OH is 1. The number of allylic oxidation sites excluding steroid dienone is 1. The highest BCUT2D eigenvalue weighted by atomic mass is 31.2. The van der Waals surface area contributed by atoms with Crippen molar-refractivity contribution in [2.24, 2.45) is 0 Å². The SMILES string of the molecule is CCCCCCCCCCCCC/C=C/[C@@H](O)[C@H](CNP(=O)(O)OCC[N+](CC)(CC)CC)NC(=O)CCCCCCCCCCCCCCC. The first kappa shape index (κ1) is 50.2. The average molecular weight is 745 g/mol. The number of amides is 1. The zero-order valence-corrected chi connectivity index (χ0v) is 35.3. The zero-order chi connectivity index (χ0) is 37.9. The first-order valence-electron chi connectivity index (χ1n) is 21.9. The highest BCUT2D eigenvalue weighted by molar-refractivity contribution is 7.50. The molecule has 0 saturated carbocycles. The number of quaternary nitrogens is 1. The molecule has 0 radical (unpaired) electrons. The lowest BCUT2D eigenvalue weighted by Gasteiger charge is -2.35. The summed E-state index contributed by atoms with van der Waals surface area (Å²) in [5, 5.41) is 16.6. The fourth-order valence-electron chi connectivity index (χ4n) is 6.90. The molecule has 0 aromatic carbocycles. The summed E-state index contributed by atoms with van der Waals surface area (Å²) in [7, 11) is -4.10. The minimum atomic E-state index is -4.10. The lowest BCUT2D eigenvalue weighted by molar-refractivity contribution is -0.923. The first-order chi connectivity index (χ1) is 24.7. The van der Waals surface area contributed by atoms with Gasteiger partial charge in [-0.1, -0.05) is 167 Å². The van der Waals surface area contributed by atoms with E-state index in [2.05, 4.69) is 45.0 Å². The Morgan fingerprint density at radius 1 is 0.667 bits per heavy atom. The molecule has 0 aliphatic rings. The molecule has 0 heterocycles. The molecule has 4 N–H and O–H groups in total. The maximum Gasteiger partial charge on any atom is 0.403 e. The maximum absolute atomic E-state index is 12.9. The molecule has 0 rings (SSSR count). The Morgan fingerprint density at radius 3 is 1.51 bits per heavy atom. The van der Waals surface area contributed by atoms with Crippen LogP contribution in [0.4, 0.5) is 0 Å². The molecule has 304 valence electrons. The second kappa shape index (κ2) is 35.0. The summed E-state index contributed by atoms with van der Waals surface area (Å²) in [6.45, 7) is 14.5. The van der Waals surface area contributed by atoms with E-state index in [9.17, 15) is 19.4 Å². The van der Waals surface area contributed by atoms with Crippen LogP contribution in [0.15, 0.2) is 12.2 Å². The Bertz CT molecular complexity index is 846. The summed E-state index contributed by atoms with van der Waals surface area (Å²) in [5.74, 6) is -0.132. The van der Waals surface area contributed by atoms with Gasteiger partial charge in [0.2, 0.25) is 5.91 Å². The van der Waals surface area contributed by atoms with Gasteiger partial charge in [-0.25, -0.2) is 9.65 Å². The van der Waals surface area contributed by atoms with Crippen LogP contribution >= 0.6 is 7.75 Å². The molecule has 0 saturated heterocycles. The van der Waals surface area contributed by atoms with E-state index in [-0.39, 0.29) is 19.1 Å². The Morgan fingerprint density at radius 2 is 1.08 bits per heavy atom. The van der Waals surface area contributed by atoms with E-state index < -0.39 is 19.9 Å². The molecule has 0 aliphatic carbocycles. The number of nitrogens with one attached hydrogen (secondary N) is 2. The van der Waals surface area contributed by atoms with E-state index in [0.29, 0.717) is 13.0 Å². The number of carbonyl (C=O) groups excluding carboxylic acids is 1. The van der Waals surface area contributed by atoms with Crippen LogP contribution in [0.2, 0.25) is 0 Å². The molecule has 51 heavy (non-hydrogen) atoms. The van der Waals surface area contributed by atoms with E-state index in [1.807, 2.05) is 6.08 Å². The van der Waals surface area contributed by atoms with E-state index in [4.69, 9.17) is 4.52 Å². The summed E-state index contributed by atoms with van der Waals surface area (Å²) in [6.07, 6.45) is 34.5. The van der Waals surface area contributed by atoms with Crippen LogP contribution in [0.1, 0.15) is 202 Å². The maximum atomic E-state index is 12.9. The molecule has 8 nitrogen and oxygen atoms in total. The molecule has 1 amide bonds. The van der Waals surface area contributed by atoms with Crippen LogP contribution in [0.5, 0.6) is 0 Å². The quantitative estimate of drug-likeness (QED) is 0.0216. The van der Waals surface area contributed by atoms with Gasteiger partial charge in [-0.2, -0.15) is 0 Å². The van der Waals surface area contributed by atoms with Crippen LogP contribution in [0.25, 0.3) is 0 Å². The smallest absolute Gasteiger partial charge is 0.387 e. The third-order valence-electron chi connectivity index (χ3n) is 10.9. The minimum absolute atomic E-state index is 0.0581. The largest absolute Gasteiger partial charge is 0.403 e. The predicted molar refractivity (Wildman–Crippen MR) is 219 cm³/mol. The lowest BCUT2D eigenvalue weighted by atomic mass is 10.0. The van der Waals surface area contributed by atoms with Gasteiger partial charge >= 0.3 is 7.75 Å². The first-order valence-corrected chi connectivity index (χ1v) is 23.5. The Balaban J connectivity index is 4.68. The fourth-order valence-corrected chi connectivity index (χ4v) is 7.75. The van der Waals surface area contributed by atoms with Gasteiger partial charge in [0.05, 0.1) is 31.8 Å². The van der Waals surface area contributed by atoms with Crippen molar-refractivity contribution in [1.82, 2.24) is 10.4 Å². The molecule has 0 aliphatic heterocycles. The predicted octanol–water partition coefficient (Wildman–Crippen LogP) is 11.2.